The van der Waals surface area contributed by atoms with Crippen LogP contribution in [0.4, 0.5) is 0 Å². The predicted molar refractivity (Wildman–Crippen MR) is 86.3 cm³/mol. The van der Waals surface area contributed by atoms with Crippen molar-refractivity contribution in [1.82, 2.24) is 0 Å². The molecule has 0 saturated carbocycles. The SMILES string of the molecule is CCc1ccc(C(O)Cc2cccc3ccccc23)s1. The van der Waals surface area contributed by atoms with E-state index < -0.39 is 6.10 Å². The van der Waals surface area contributed by atoms with Gasteiger partial charge in [0, 0.05) is 16.2 Å². The van der Waals surface area contributed by atoms with Crippen molar-refractivity contribution in [1.29, 1.82) is 0 Å². The zero-order valence-electron chi connectivity index (χ0n) is 11.5. The Morgan fingerprint density at radius 1 is 1.00 bits per heavy atom. The molecule has 0 fully saturated rings. The first-order valence-electron chi connectivity index (χ1n) is 7.01. The smallest absolute Gasteiger partial charge is 0.0922 e. The Morgan fingerprint density at radius 2 is 1.80 bits per heavy atom. The van der Waals surface area contributed by atoms with E-state index >= 15 is 0 Å². The predicted octanol–water partition coefficient (Wildman–Crippen LogP) is 4.74. The van der Waals surface area contributed by atoms with Gasteiger partial charge in [-0.05, 0) is 34.9 Å². The van der Waals surface area contributed by atoms with Gasteiger partial charge >= 0.3 is 0 Å². The molecule has 102 valence electrons. The van der Waals surface area contributed by atoms with E-state index in [0.717, 1.165) is 11.3 Å². The Hall–Kier alpha value is -1.64. The lowest BCUT2D eigenvalue weighted by Crippen LogP contribution is -2.00. The standard InChI is InChI=1S/C18H18OS/c1-2-15-10-11-18(20-15)17(19)12-14-8-5-7-13-6-3-4-9-16(13)14/h3-11,17,19H,2,12H2,1H3. The van der Waals surface area contributed by atoms with Crippen LogP contribution in [0.5, 0.6) is 0 Å². The van der Waals surface area contributed by atoms with E-state index in [2.05, 4.69) is 61.5 Å². The number of hydrogen-bond acceptors (Lipinski definition) is 2. The number of aliphatic hydroxyl groups is 1. The third kappa shape index (κ3) is 2.62. The highest BCUT2D eigenvalue weighted by molar-refractivity contribution is 7.12. The van der Waals surface area contributed by atoms with Gasteiger partial charge < -0.3 is 5.11 Å². The molecule has 0 saturated heterocycles. The molecule has 0 aliphatic heterocycles. The Kier molecular flexibility index (Phi) is 3.86. The number of fused-ring (bicyclic) bond motifs is 1. The van der Waals surface area contributed by atoms with Crippen LogP contribution in [0.2, 0.25) is 0 Å². The number of benzene rings is 2. The topological polar surface area (TPSA) is 20.2 Å². The Labute approximate surface area is 123 Å². The first-order chi connectivity index (χ1) is 9.78. The minimum Gasteiger partial charge on any atom is -0.387 e. The van der Waals surface area contributed by atoms with Gasteiger partial charge in [-0.15, -0.1) is 11.3 Å². The number of aryl methyl sites for hydroxylation is 1. The lowest BCUT2D eigenvalue weighted by molar-refractivity contribution is 0.182. The summed E-state index contributed by atoms with van der Waals surface area (Å²) in [6.45, 7) is 2.15. The minimum atomic E-state index is -0.411. The average Bonchev–Trinajstić information content (AvgIpc) is 2.97. The molecule has 1 N–H and O–H groups in total. The molecule has 1 heterocycles. The number of rotatable bonds is 4. The van der Waals surface area contributed by atoms with Gasteiger partial charge in [-0.2, -0.15) is 0 Å². The number of thiophene rings is 1. The summed E-state index contributed by atoms with van der Waals surface area (Å²) in [6, 6.07) is 18.8. The van der Waals surface area contributed by atoms with Gasteiger partial charge in [0.2, 0.25) is 0 Å². The van der Waals surface area contributed by atoms with E-state index in [1.54, 1.807) is 11.3 Å². The van der Waals surface area contributed by atoms with E-state index in [4.69, 9.17) is 0 Å². The molecular formula is C18H18OS. The Balaban J connectivity index is 1.89. The maximum atomic E-state index is 10.5. The molecule has 0 bridgehead atoms. The van der Waals surface area contributed by atoms with Crippen LogP contribution >= 0.6 is 11.3 Å². The van der Waals surface area contributed by atoms with Gasteiger partial charge in [0.25, 0.3) is 0 Å². The first kappa shape index (κ1) is 13.3. The average molecular weight is 282 g/mol. The summed E-state index contributed by atoms with van der Waals surface area (Å²) in [5, 5.41) is 12.9. The molecule has 1 atom stereocenters. The van der Waals surface area contributed by atoms with Gasteiger partial charge in [0.05, 0.1) is 6.10 Å². The summed E-state index contributed by atoms with van der Waals surface area (Å²) in [7, 11) is 0. The summed E-state index contributed by atoms with van der Waals surface area (Å²) in [5.74, 6) is 0. The first-order valence-corrected chi connectivity index (χ1v) is 7.83. The molecule has 1 aromatic heterocycles. The third-order valence-electron chi connectivity index (χ3n) is 3.65. The van der Waals surface area contributed by atoms with Crippen molar-refractivity contribution in [3.05, 3.63) is 69.9 Å². The lowest BCUT2D eigenvalue weighted by Gasteiger charge is -2.11. The number of hydrogen-bond donors (Lipinski definition) is 1. The zero-order valence-corrected chi connectivity index (χ0v) is 12.4. The van der Waals surface area contributed by atoms with Crippen LogP contribution in [-0.2, 0) is 12.8 Å². The minimum absolute atomic E-state index is 0.411. The van der Waals surface area contributed by atoms with Crippen molar-refractivity contribution >= 4 is 22.1 Å². The van der Waals surface area contributed by atoms with E-state index in [-0.39, 0.29) is 0 Å². The fourth-order valence-electron chi connectivity index (χ4n) is 2.54. The van der Waals surface area contributed by atoms with Crippen molar-refractivity contribution in [3.8, 4) is 0 Å². The Morgan fingerprint density at radius 3 is 2.60 bits per heavy atom. The molecule has 3 rings (SSSR count). The van der Waals surface area contributed by atoms with E-state index in [0.29, 0.717) is 6.42 Å². The Bertz CT molecular complexity index is 709. The summed E-state index contributed by atoms with van der Waals surface area (Å²) in [6.07, 6.45) is 1.29. The van der Waals surface area contributed by atoms with Gasteiger partial charge in [-0.1, -0.05) is 49.4 Å². The van der Waals surface area contributed by atoms with Crippen LogP contribution in [0.25, 0.3) is 10.8 Å². The van der Waals surface area contributed by atoms with Crippen LogP contribution in [0.3, 0.4) is 0 Å². The second-order valence-electron chi connectivity index (χ2n) is 5.02. The molecule has 20 heavy (non-hydrogen) atoms. The van der Waals surface area contributed by atoms with Crippen molar-refractivity contribution in [2.75, 3.05) is 0 Å². The molecule has 2 heteroatoms. The quantitative estimate of drug-likeness (QED) is 0.733. The van der Waals surface area contributed by atoms with Crippen molar-refractivity contribution in [2.24, 2.45) is 0 Å². The molecular weight excluding hydrogens is 264 g/mol. The number of aliphatic hydroxyl groups excluding tert-OH is 1. The summed E-state index contributed by atoms with van der Waals surface area (Å²) in [5.41, 5.74) is 1.21. The van der Waals surface area contributed by atoms with E-state index in [1.165, 1.54) is 21.2 Å². The molecule has 2 aromatic carbocycles. The van der Waals surface area contributed by atoms with Gasteiger partial charge in [-0.3, -0.25) is 0 Å². The second kappa shape index (κ2) is 5.78. The van der Waals surface area contributed by atoms with Gasteiger partial charge in [0.15, 0.2) is 0 Å². The summed E-state index contributed by atoms with van der Waals surface area (Å²) < 4.78 is 0. The van der Waals surface area contributed by atoms with Crippen molar-refractivity contribution in [2.45, 2.75) is 25.9 Å². The highest BCUT2D eigenvalue weighted by atomic mass is 32.1. The molecule has 0 aliphatic carbocycles. The fourth-order valence-corrected chi connectivity index (χ4v) is 3.48. The molecule has 1 nitrogen and oxygen atoms in total. The lowest BCUT2D eigenvalue weighted by atomic mass is 9.99. The fraction of sp³-hybridized carbons (Fsp3) is 0.222. The van der Waals surface area contributed by atoms with Crippen LogP contribution < -0.4 is 0 Å². The summed E-state index contributed by atoms with van der Waals surface area (Å²) in [4.78, 5) is 2.40. The monoisotopic (exact) mass is 282 g/mol. The molecule has 0 radical (unpaired) electrons. The van der Waals surface area contributed by atoms with Crippen LogP contribution in [-0.4, -0.2) is 5.11 Å². The van der Waals surface area contributed by atoms with Gasteiger partial charge in [0.1, 0.15) is 0 Å². The zero-order chi connectivity index (χ0) is 13.9. The molecule has 1 unspecified atom stereocenters. The molecule has 0 spiro atoms. The normalized spacial score (nSPS) is 12.7. The highest BCUT2D eigenvalue weighted by Crippen LogP contribution is 2.28. The van der Waals surface area contributed by atoms with Crippen molar-refractivity contribution in [3.63, 3.8) is 0 Å². The maximum absolute atomic E-state index is 10.5. The van der Waals surface area contributed by atoms with Gasteiger partial charge in [-0.25, -0.2) is 0 Å². The van der Waals surface area contributed by atoms with Crippen LogP contribution in [0, 0.1) is 0 Å². The largest absolute Gasteiger partial charge is 0.387 e. The van der Waals surface area contributed by atoms with Crippen molar-refractivity contribution < 1.29 is 5.11 Å². The molecule has 0 aliphatic rings. The molecule has 3 aromatic rings. The second-order valence-corrected chi connectivity index (χ2v) is 6.22. The van der Waals surface area contributed by atoms with Crippen LogP contribution in [0.15, 0.2) is 54.6 Å². The third-order valence-corrected chi connectivity index (χ3v) is 4.98. The maximum Gasteiger partial charge on any atom is 0.0922 e. The van der Waals surface area contributed by atoms with E-state index in [9.17, 15) is 5.11 Å². The summed E-state index contributed by atoms with van der Waals surface area (Å²) >= 11 is 1.72. The highest BCUT2D eigenvalue weighted by Gasteiger charge is 2.12. The molecule has 0 amide bonds. The van der Waals surface area contributed by atoms with E-state index in [1.807, 2.05) is 0 Å². The van der Waals surface area contributed by atoms with Crippen LogP contribution in [0.1, 0.15) is 28.3 Å².